The van der Waals surface area contributed by atoms with Gasteiger partial charge in [0.15, 0.2) is 11.5 Å². The molecule has 1 heterocycles. The molecule has 1 aliphatic heterocycles. The lowest BCUT2D eigenvalue weighted by Gasteiger charge is -2.11. The molecule has 0 atom stereocenters. The van der Waals surface area contributed by atoms with Gasteiger partial charge in [0.1, 0.15) is 17.4 Å². The molecule has 0 aliphatic carbocycles. The fraction of sp³-hybridized carbons (Fsp3) is 0.333. The standard InChI is InChI=1S/C21H23FN4O5S/c22-17-3-1-4-18(16(17)14-23)24-9-10-25-21(27)7-8-26-32(28,29)15-5-6-19-20(13-15)31-12-2-11-30-19/h1,3-6,13,24,26H,2,7-12H2,(H,25,27). The molecule has 2 aromatic carbocycles. The second-order valence-electron chi connectivity index (χ2n) is 6.86. The first kappa shape index (κ1) is 23.3. The predicted octanol–water partition coefficient (Wildman–Crippen LogP) is 1.76. The second-order valence-corrected chi connectivity index (χ2v) is 8.62. The van der Waals surface area contributed by atoms with E-state index >= 15 is 0 Å². The Morgan fingerprint density at radius 1 is 1.09 bits per heavy atom. The van der Waals surface area contributed by atoms with Gasteiger partial charge in [-0.2, -0.15) is 5.26 Å². The van der Waals surface area contributed by atoms with Gasteiger partial charge >= 0.3 is 0 Å². The van der Waals surface area contributed by atoms with E-state index in [1.165, 1.54) is 24.3 Å². The summed E-state index contributed by atoms with van der Waals surface area (Å²) in [7, 11) is -3.82. The van der Waals surface area contributed by atoms with Crippen LogP contribution in [0.2, 0.25) is 0 Å². The van der Waals surface area contributed by atoms with Gasteiger partial charge in [-0.05, 0) is 24.3 Å². The van der Waals surface area contributed by atoms with Gasteiger partial charge in [0.25, 0.3) is 0 Å². The lowest BCUT2D eigenvalue weighted by Crippen LogP contribution is -2.33. The quantitative estimate of drug-likeness (QED) is 0.484. The predicted molar refractivity (Wildman–Crippen MR) is 114 cm³/mol. The van der Waals surface area contributed by atoms with E-state index in [4.69, 9.17) is 14.7 Å². The number of hydrogen-bond acceptors (Lipinski definition) is 7. The molecule has 0 aromatic heterocycles. The summed E-state index contributed by atoms with van der Waals surface area (Å²) in [6.45, 7) is 1.35. The largest absolute Gasteiger partial charge is 0.490 e. The Morgan fingerprint density at radius 2 is 1.88 bits per heavy atom. The number of carbonyl (C=O) groups is 1. The van der Waals surface area contributed by atoms with Crippen LogP contribution in [0.4, 0.5) is 10.1 Å². The van der Waals surface area contributed by atoms with Crippen LogP contribution in [0.15, 0.2) is 41.3 Å². The number of rotatable bonds is 9. The Hall–Kier alpha value is -3.36. The summed E-state index contributed by atoms with van der Waals surface area (Å²) in [5.41, 5.74) is 0.243. The highest BCUT2D eigenvalue weighted by Gasteiger charge is 2.19. The summed E-state index contributed by atoms with van der Waals surface area (Å²) in [4.78, 5) is 12.0. The minimum absolute atomic E-state index is 0.0229. The molecule has 0 radical (unpaired) electrons. The lowest BCUT2D eigenvalue weighted by atomic mass is 10.2. The molecule has 32 heavy (non-hydrogen) atoms. The summed E-state index contributed by atoms with van der Waals surface area (Å²) in [6.07, 6.45) is 0.647. The van der Waals surface area contributed by atoms with Gasteiger partial charge in [-0.1, -0.05) is 6.07 Å². The van der Waals surface area contributed by atoms with Gasteiger partial charge in [0, 0.05) is 38.5 Å². The van der Waals surface area contributed by atoms with Gasteiger partial charge in [0.05, 0.1) is 23.8 Å². The molecule has 0 spiro atoms. The Kier molecular flexibility index (Phi) is 7.86. The molecule has 170 valence electrons. The number of ether oxygens (including phenoxy) is 2. The van der Waals surface area contributed by atoms with E-state index in [1.54, 1.807) is 18.2 Å². The number of halogens is 1. The van der Waals surface area contributed by atoms with Gasteiger partial charge < -0.3 is 20.1 Å². The van der Waals surface area contributed by atoms with Crippen molar-refractivity contribution in [1.29, 1.82) is 5.26 Å². The Morgan fingerprint density at radius 3 is 2.66 bits per heavy atom. The molecule has 1 aliphatic rings. The van der Waals surface area contributed by atoms with Crippen LogP contribution < -0.4 is 24.8 Å². The molecule has 2 aromatic rings. The zero-order chi connectivity index (χ0) is 23.0. The van der Waals surface area contributed by atoms with Crippen LogP contribution in [-0.4, -0.2) is 47.2 Å². The molecular weight excluding hydrogens is 439 g/mol. The molecule has 0 unspecified atom stereocenters. The SMILES string of the molecule is N#Cc1c(F)cccc1NCCNC(=O)CCNS(=O)(=O)c1ccc2c(c1)OCCCO2. The summed E-state index contributed by atoms with van der Waals surface area (Å²) < 4.78 is 51.9. The number of benzene rings is 2. The third-order valence-electron chi connectivity index (χ3n) is 4.56. The number of sulfonamides is 1. The monoisotopic (exact) mass is 462 g/mol. The van der Waals surface area contributed by atoms with Gasteiger partial charge in [-0.3, -0.25) is 4.79 Å². The minimum Gasteiger partial charge on any atom is -0.490 e. The maximum Gasteiger partial charge on any atom is 0.240 e. The molecule has 1 amide bonds. The number of nitrogens with zero attached hydrogens (tertiary/aromatic N) is 1. The third kappa shape index (κ3) is 6.09. The van der Waals surface area contributed by atoms with Gasteiger partial charge in [-0.25, -0.2) is 17.5 Å². The average molecular weight is 463 g/mol. The molecule has 0 fully saturated rings. The molecule has 11 heteroatoms. The van der Waals surface area contributed by atoms with E-state index in [-0.39, 0.29) is 42.4 Å². The van der Waals surface area contributed by atoms with Crippen LogP contribution in [-0.2, 0) is 14.8 Å². The van der Waals surface area contributed by atoms with Crippen LogP contribution in [0.25, 0.3) is 0 Å². The fourth-order valence-electron chi connectivity index (χ4n) is 2.97. The number of nitriles is 1. The fourth-order valence-corrected chi connectivity index (χ4v) is 4.01. The van der Waals surface area contributed by atoms with Crippen LogP contribution in [0.3, 0.4) is 0 Å². The van der Waals surface area contributed by atoms with E-state index in [0.717, 1.165) is 0 Å². The number of anilines is 1. The highest BCUT2D eigenvalue weighted by molar-refractivity contribution is 7.89. The summed E-state index contributed by atoms with van der Waals surface area (Å²) in [5, 5.41) is 14.5. The van der Waals surface area contributed by atoms with Crippen LogP contribution >= 0.6 is 0 Å². The van der Waals surface area contributed by atoms with Crippen LogP contribution in [0.1, 0.15) is 18.4 Å². The maximum absolute atomic E-state index is 13.5. The van der Waals surface area contributed by atoms with Gasteiger partial charge in [-0.15, -0.1) is 0 Å². The topological polar surface area (TPSA) is 130 Å². The normalized spacial score (nSPS) is 13.0. The average Bonchev–Trinajstić information content (AvgIpc) is 3.01. The molecule has 9 nitrogen and oxygen atoms in total. The smallest absolute Gasteiger partial charge is 0.240 e. The molecule has 0 bridgehead atoms. The number of nitrogens with one attached hydrogen (secondary N) is 3. The number of fused-ring (bicyclic) bond motifs is 1. The van der Waals surface area contributed by atoms with Crippen molar-refractivity contribution in [3.63, 3.8) is 0 Å². The first-order valence-electron chi connectivity index (χ1n) is 9.99. The van der Waals surface area contributed by atoms with E-state index in [1.807, 2.05) is 0 Å². The highest BCUT2D eigenvalue weighted by atomic mass is 32.2. The Bertz CT molecular complexity index is 1120. The van der Waals surface area contributed by atoms with Crippen molar-refractivity contribution < 1.29 is 27.1 Å². The molecular formula is C21H23FN4O5S. The molecule has 0 saturated carbocycles. The maximum atomic E-state index is 13.5. The first-order valence-corrected chi connectivity index (χ1v) is 11.5. The zero-order valence-corrected chi connectivity index (χ0v) is 18.0. The number of hydrogen-bond donors (Lipinski definition) is 3. The Balaban J connectivity index is 1.42. The summed E-state index contributed by atoms with van der Waals surface area (Å²) >= 11 is 0. The number of amides is 1. The van der Waals surface area contributed by atoms with Crippen molar-refractivity contribution in [3.8, 4) is 17.6 Å². The third-order valence-corrected chi connectivity index (χ3v) is 6.02. The molecule has 0 saturated heterocycles. The Labute approximate surface area is 185 Å². The van der Waals surface area contributed by atoms with Crippen molar-refractivity contribution in [1.82, 2.24) is 10.0 Å². The van der Waals surface area contributed by atoms with Crippen molar-refractivity contribution in [2.24, 2.45) is 0 Å². The highest BCUT2D eigenvalue weighted by Crippen LogP contribution is 2.31. The summed E-state index contributed by atoms with van der Waals surface area (Å²) in [5.74, 6) is -0.113. The van der Waals surface area contributed by atoms with Crippen LogP contribution in [0.5, 0.6) is 11.5 Å². The first-order chi connectivity index (χ1) is 15.4. The van der Waals surface area contributed by atoms with E-state index < -0.39 is 15.8 Å². The van der Waals surface area contributed by atoms with E-state index in [2.05, 4.69) is 15.4 Å². The van der Waals surface area contributed by atoms with Crippen molar-refractivity contribution in [2.75, 3.05) is 38.2 Å². The molecule has 3 rings (SSSR count). The molecule has 3 N–H and O–H groups in total. The number of carbonyl (C=O) groups excluding carboxylic acids is 1. The van der Waals surface area contributed by atoms with Crippen molar-refractivity contribution >= 4 is 21.6 Å². The lowest BCUT2D eigenvalue weighted by molar-refractivity contribution is -0.120. The summed E-state index contributed by atoms with van der Waals surface area (Å²) in [6, 6.07) is 10.4. The second kappa shape index (κ2) is 10.8. The van der Waals surface area contributed by atoms with Crippen molar-refractivity contribution in [2.45, 2.75) is 17.7 Å². The van der Waals surface area contributed by atoms with Gasteiger partial charge in [0.2, 0.25) is 15.9 Å². The van der Waals surface area contributed by atoms with E-state index in [9.17, 15) is 17.6 Å². The van der Waals surface area contributed by atoms with E-state index in [0.29, 0.717) is 36.8 Å². The van der Waals surface area contributed by atoms with Crippen molar-refractivity contribution in [3.05, 3.63) is 47.8 Å². The minimum atomic E-state index is -3.82. The zero-order valence-electron chi connectivity index (χ0n) is 17.2. The van der Waals surface area contributed by atoms with Crippen LogP contribution in [0, 0.1) is 17.1 Å².